The van der Waals surface area contributed by atoms with Crippen LogP contribution in [0.25, 0.3) is 0 Å². The van der Waals surface area contributed by atoms with Crippen molar-refractivity contribution in [1.29, 1.82) is 0 Å². The van der Waals surface area contributed by atoms with E-state index in [1.165, 1.54) is 0 Å². The minimum Gasteiger partial charge on any atom is -0.322 e. The number of halogens is 3. The maximum absolute atomic E-state index is 12.1. The summed E-state index contributed by atoms with van der Waals surface area (Å²) in [6, 6.07) is 3.49. The van der Waals surface area contributed by atoms with Gasteiger partial charge in [0.15, 0.2) is 0 Å². The van der Waals surface area contributed by atoms with Crippen molar-refractivity contribution in [2.45, 2.75) is 13.0 Å². The average molecular weight is 337 g/mol. The number of nitrogens with zero attached hydrogens (tertiary/aromatic N) is 1. The highest BCUT2D eigenvalue weighted by Gasteiger charge is 2.19. The Morgan fingerprint density at radius 2 is 2.05 bits per heavy atom. The molecule has 20 heavy (non-hydrogen) atoms. The van der Waals surface area contributed by atoms with Gasteiger partial charge < -0.3 is 10.6 Å². The molecular weight excluding hydrogens is 321 g/mol. The van der Waals surface area contributed by atoms with Crippen molar-refractivity contribution in [3.8, 4) is 0 Å². The van der Waals surface area contributed by atoms with Gasteiger partial charge in [0.2, 0.25) is 5.91 Å². The largest absolute Gasteiger partial charge is 0.322 e. The lowest BCUT2D eigenvalue weighted by Crippen LogP contribution is -2.51. The molecule has 110 valence electrons. The van der Waals surface area contributed by atoms with Crippen molar-refractivity contribution < 1.29 is 4.79 Å². The van der Waals surface area contributed by atoms with Crippen molar-refractivity contribution in [3.05, 3.63) is 27.2 Å². The van der Waals surface area contributed by atoms with Gasteiger partial charge in [-0.05, 0) is 19.1 Å². The topological polar surface area (TPSA) is 44.4 Å². The highest BCUT2D eigenvalue weighted by molar-refractivity contribution is 6.42. The summed E-state index contributed by atoms with van der Waals surface area (Å²) in [4.78, 5) is 14.1. The number of rotatable bonds is 3. The first-order chi connectivity index (χ1) is 9.45. The van der Waals surface area contributed by atoms with Crippen molar-refractivity contribution in [1.82, 2.24) is 10.2 Å². The third-order valence-corrected chi connectivity index (χ3v) is 3.91. The molecule has 1 fully saturated rings. The van der Waals surface area contributed by atoms with Gasteiger partial charge in [0, 0.05) is 30.7 Å². The summed E-state index contributed by atoms with van der Waals surface area (Å²) in [5.41, 5.74) is 0.408. The van der Waals surface area contributed by atoms with E-state index in [0.29, 0.717) is 33.3 Å². The molecule has 2 N–H and O–H groups in total. The summed E-state index contributed by atoms with van der Waals surface area (Å²) in [6.07, 6.45) is 0. The zero-order chi connectivity index (χ0) is 14.7. The van der Waals surface area contributed by atoms with Crippen LogP contribution in [0.1, 0.15) is 6.92 Å². The van der Waals surface area contributed by atoms with E-state index in [9.17, 15) is 4.79 Å². The summed E-state index contributed by atoms with van der Waals surface area (Å²) >= 11 is 17.9. The van der Waals surface area contributed by atoms with E-state index >= 15 is 0 Å². The number of carbonyl (C=O) groups excluding carboxylic acids is 1. The number of anilines is 1. The monoisotopic (exact) mass is 335 g/mol. The van der Waals surface area contributed by atoms with Gasteiger partial charge in [-0.25, -0.2) is 0 Å². The molecule has 1 atom stereocenters. The van der Waals surface area contributed by atoms with Crippen molar-refractivity contribution in [2.75, 3.05) is 31.5 Å². The van der Waals surface area contributed by atoms with E-state index in [1.807, 2.05) is 0 Å². The zero-order valence-corrected chi connectivity index (χ0v) is 13.3. The molecule has 1 amide bonds. The first kappa shape index (κ1) is 15.9. The second kappa shape index (κ2) is 6.96. The molecule has 1 aromatic carbocycles. The van der Waals surface area contributed by atoms with Crippen LogP contribution in [-0.4, -0.2) is 43.0 Å². The maximum atomic E-state index is 12.1. The molecule has 1 heterocycles. The van der Waals surface area contributed by atoms with E-state index in [-0.39, 0.29) is 5.91 Å². The number of piperazine rings is 1. The fourth-order valence-corrected chi connectivity index (χ4v) is 3.11. The van der Waals surface area contributed by atoms with Crippen LogP contribution in [0.2, 0.25) is 15.1 Å². The predicted octanol–water partition coefficient (Wildman–Crippen LogP) is 2.88. The Hall–Kier alpha value is -0.520. The third-order valence-electron chi connectivity index (χ3n) is 3.09. The van der Waals surface area contributed by atoms with E-state index < -0.39 is 0 Å². The number of amides is 1. The molecule has 7 heteroatoms. The van der Waals surface area contributed by atoms with Gasteiger partial charge >= 0.3 is 0 Å². The minimum absolute atomic E-state index is 0.134. The van der Waals surface area contributed by atoms with E-state index in [1.54, 1.807) is 12.1 Å². The van der Waals surface area contributed by atoms with Gasteiger partial charge in [0.1, 0.15) is 0 Å². The van der Waals surface area contributed by atoms with Gasteiger partial charge in [-0.1, -0.05) is 34.8 Å². The molecule has 0 bridgehead atoms. The molecule has 1 aliphatic rings. The second-order valence-corrected chi connectivity index (χ2v) is 6.13. The summed E-state index contributed by atoms with van der Waals surface area (Å²) in [7, 11) is 0. The predicted molar refractivity (Wildman–Crippen MR) is 84.0 cm³/mol. The third kappa shape index (κ3) is 4.24. The first-order valence-electron chi connectivity index (χ1n) is 6.36. The van der Waals surface area contributed by atoms with E-state index in [0.717, 1.165) is 19.6 Å². The molecule has 2 rings (SSSR count). The van der Waals surface area contributed by atoms with Gasteiger partial charge in [0.25, 0.3) is 0 Å². The number of benzene rings is 1. The molecule has 0 aromatic heterocycles. The lowest BCUT2D eigenvalue weighted by molar-refractivity contribution is -0.117. The molecular formula is C13H16Cl3N3O. The highest BCUT2D eigenvalue weighted by atomic mass is 35.5. The van der Waals surface area contributed by atoms with Crippen LogP contribution in [0.5, 0.6) is 0 Å². The maximum Gasteiger partial charge on any atom is 0.238 e. The fourth-order valence-electron chi connectivity index (χ4n) is 2.20. The lowest BCUT2D eigenvalue weighted by Gasteiger charge is -2.31. The Morgan fingerprint density at radius 3 is 2.65 bits per heavy atom. The lowest BCUT2D eigenvalue weighted by atomic mass is 10.2. The zero-order valence-electron chi connectivity index (χ0n) is 11.0. The normalized spacial score (nSPS) is 19.9. The molecule has 4 nitrogen and oxygen atoms in total. The second-order valence-electron chi connectivity index (χ2n) is 4.88. The van der Waals surface area contributed by atoms with Crippen LogP contribution in [0, 0.1) is 0 Å². The number of nitrogens with one attached hydrogen (secondary N) is 2. The SMILES string of the molecule is C[C@H]1CN(CC(=O)Nc2c(Cl)cc(Cl)cc2Cl)CCN1. The smallest absolute Gasteiger partial charge is 0.238 e. The van der Waals surface area contributed by atoms with Gasteiger partial charge in [-0.3, -0.25) is 9.69 Å². The molecule has 0 radical (unpaired) electrons. The van der Waals surface area contributed by atoms with Crippen LogP contribution in [0.4, 0.5) is 5.69 Å². The van der Waals surface area contributed by atoms with Crippen molar-refractivity contribution in [3.63, 3.8) is 0 Å². The summed E-state index contributed by atoms with van der Waals surface area (Å²) in [5.74, 6) is -0.134. The Kier molecular flexibility index (Phi) is 5.52. The van der Waals surface area contributed by atoms with Gasteiger partial charge in [-0.2, -0.15) is 0 Å². The molecule has 0 aliphatic carbocycles. The first-order valence-corrected chi connectivity index (χ1v) is 7.49. The quantitative estimate of drug-likeness (QED) is 0.892. The molecule has 1 aliphatic heterocycles. The number of hydrogen-bond donors (Lipinski definition) is 2. The Labute approximate surface area is 133 Å². The van der Waals surface area contributed by atoms with Crippen LogP contribution in [0.15, 0.2) is 12.1 Å². The fraction of sp³-hybridized carbons (Fsp3) is 0.462. The van der Waals surface area contributed by atoms with Crippen molar-refractivity contribution >= 4 is 46.4 Å². The van der Waals surface area contributed by atoms with Gasteiger partial charge in [0.05, 0.1) is 22.3 Å². The Bertz CT molecular complexity index is 487. The number of hydrogen-bond acceptors (Lipinski definition) is 3. The standard InChI is InChI=1S/C13H16Cl3N3O/c1-8-6-19(3-2-17-8)7-12(20)18-13-10(15)4-9(14)5-11(13)16/h4-5,8,17H,2-3,6-7H2,1H3,(H,18,20)/t8-/m0/s1. The van der Waals surface area contributed by atoms with Crippen LogP contribution < -0.4 is 10.6 Å². The van der Waals surface area contributed by atoms with E-state index in [4.69, 9.17) is 34.8 Å². The molecule has 1 saturated heterocycles. The Morgan fingerprint density at radius 1 is 1.40 bits per heavy atom. The molecule has 1 aromatic rings. The Balaban J connectivity index is 1.98. The number of carbonyl (C=O) groups is 1. The summed E-state index contributed by atoms with van der Waals surface area (Å²) in [5, 5.41) is 7.19. The average Bonchev–Trinajstić information content (AvgIpc) is 2.33. The molecule has 0 saturated carbocycles. The summed E-state index contributed by atoms with van der Waals surface area (Å²) < 4.78 is 0. The van der Waals surface area contributed by atoms with Crippen LogP contribution >= 0.6 is 34.8 Å². The minimum atomic E-state index is -0.134. The van der Waals surface area contributed by atoms with Crippen molar-refractivity contribution in [2.24, 2.45) is 0 Å². The highest BCUT2D eigenvalue weighted by Crippen LogP contribution is 2.33. The molecule has 0 unspecified atom stereocenters. The van der Waals surface area contributed by atoms with Gasteiger partial charge in [-0.15, -0.1) is 0 Å². The van der Waals surface area contributed by atoms with Crippen LogP contribution in [0.3, 0.4) is 0 Å². The van der Waals surface area contributed by atoms with Crippen LogP contribution in [-0.2, 0) is 4.79 Å². The molecule has 0 spiro atoms. The van der Waals surface area contributed by atoms with E-state index in [2.05, 4.69) is 22.5 Å². The summed E-state index contributed by atoms with van der Waals surface area (Å²) in [6.45, 7) is 4.99.